The Morgan fingerprint density at radius 2 is 2.19 bits per heavy atom. The molecule has 4 rings (SSSR count). The SMILES string of the molecule is COc1cc(N2CCOCC2)ncc1C(=O)Nc1nnc(-c2cccs2)o1. The lowest BCUT2D eigenvalue weighted by Gasteiger charge is -2.28. The minimum absolute atomic E-state index is 0.0164. The molecule has 0 unspecified atom stereocenters. The van der Waals surface area contributed by atoms with Gasteiger partial charge in [0.1, 0.15) is 17.1 Å². The fourth-order valence-electron chi connectivity index (χ4n) is 2.67. The number of hydrogen-bond acceptors (Lipinski definition) is 9. The van der Waals surface area contributed by atoms with Crippen molar-refractivity contribution in [2.45, 2.75) is 0 Å². The Balaban J connectivity index is 1.51. The maximum atomic E-state index is 12.6. The molecule has 0 saturated carbocycles. The fourth-order valence-corrected chi connectivity index (χ4v) is 3.31. The molecule has 0 atom stereocenters. The Labute approximate surface area is 158 Å². The first-order valence-electron chi connectivity index (χ1n) is 8.30. The Bertz CT molecular complexity index is 921. The van der Waals surface area contributed by atoms with Crippen molar-refractivity contribution in [3.63, 3.8) is 0 Å². The van der Waals surface area contributed by atoms with Crippen LogP contribution in [0.3, 0.4) is 0 Å². The quantitative estimate of drug-likeness (QED) is 0.711. The van der Waals surface area contributed by atoms with Crippen LogP contribution in [0.5, 0.6) is 5.75 Å². The maximum Gasteiger partial charge on any atom is 0.322 e. The lowest BCUT2D eigenvalue weighted by Crippen LogP contribution is -2.36. The second kappa shape index (κ2) is 7.72. The summed E-state index contributed by atoms with van der Waals surface area (Å²) >= 11 is 1.47. The number of anilines is 2. The van der Waals surface area contributed by atoms with Crippen molar-refractivity contribution in [1.82, 2.24) is 15.2 Å². The van der Waals surface area contributed by atoms with Crippen LogP contribution in [0.4, 0.5) is 11.8 Å². The van der Waals surface area contributed by atoms with Crippen molar-refractivity contribution in [1.29, 1.82) is 0 Å². The van der Waals surface area contributed by atoms with Crippen LogP contribution in [0.2, 0.25) is 0 Å². The molecule has 0 spiro atoms. The molecule has 140 valence electrons. The molecular weight excluding hydrogens is 370 g/mol. The number of thiophene rings is 1. The van der Waals surface area contributed by atoms with Crippen molar-refractivity contribution in [3.05, 3.63) is 35.3 Å². The second-order valence-corrected chi connectivity index (χ2v) is 6.63. The fraction of sp³-hybridized carbons (Fsp3) is 0.294. The van der Waals surface area contributed by atoms with Crippen molar-refractivity contribution in [3.8, 4) is 16.5 Å². The normalized spacial score (nSPS) is 14.2. The molecule has 3 aromatic rings. The first-order chi connectivity index (χ1) is 13.2. The van der Waals surface area contributed by atoms with Gasteiger partial charge < -0.3 is 18.8 Å². The van der Waals surface area contributed by atoms with E-state index in [1.807, 2.05) is 17.5 Å². The molecule has 4 heterocycles. The van der Waals surface area contributed by atoms with Crippen LogP contribution in [-0.2, 0) is 4.74 Å². The number of amides is 1. The topological polar surface area (TPSA) is 103 Å². The summed E-state index contributed by atoms with van der Waals surface area (Å²) < 4.78 is 16.2. The molecule has 0 aromatic carbocycles. The van der Waals surface area contributed by atoms with Crippen molar-refractivity contribution in [2.24, 2.45) is 0 Å². The number of methoxy groups -OCH3 is 1. The summed E-state index contributed by atoms with van der Waals surface area (Å²) in [4.78, 5) is 19.9. The Hall–Kier alpha value is -2.98. The van der Waals surface area contributed by atoms with Crippen molar-refractivity contribution < 1.29 is 18.7 Å². The van der Waals surface area contributed by atoms with E-state index < -0.39 is 5.91 Å². The van der Waals surface area contributed by atoms with Crippen LogP contribution in [0, 0.1) is 0 Å². The first-order valence-corrected chi connectivity index (χ1v) is 9.18. The zero-order chi connectivity index (χ0) is 18.6. The maximum absolute atomic E-state index is 12.6. The summed E-state index contributed by atoms with van der Waals surface area (Å²) in [5.74, 6) is 1.08. The number of nitrogens with one attached hydrogen (secondary N) is 1. The van der Waals surface area contributed by atoms with Crippen molar-refractivity contribution >= 4 is 29.1 Å². The van der Waals surface area contributed by atoms with Crippen LogP contribution in [0.25, 0.3) is 10.8 Å². The van der Waals surface area contributed by atoms with Gasteiger partial charge in [-0.3, -0.25) is 10.1 Å². The number of ether oxygens (including phenoxy) is 2. The Kier molecular flexibility index (Phi) is 4.99. The number of morpholine rings is 1. The van der Waals surface area contributed by atoms with E-state index in [9.17, 15) is 4.79 Å². The third kappa shape index (κ3) is 3.76. The monoisotopic (exact) mass is 387 g/mol. The van der Waals surface area contributed by atoms with E-state index in [1.54, 1.807) is 6.07 Å². The average Bonchev–Trinajstić information content (AvgIpc) is 3.40. The molecule has 1 amide bonds. The molecule has 0 radical (unpaired) electrons. The molecule has 3 aromatic heterocycles. The number of hydrogen-bond donors (Lipinski definition) is 1. The zero-order valence-electron chi connectivity index (χ0n) is 14.5. The van der Waals surface area contributed by atoms with E-state index in [0.29, 0.717) is 24.9 Å². The number of aromatic nitrogens is 3. The summed E-state index contributed by atoms with van der Waals surface area (Å²) in [5, 5.41) is 12.3. The number of carbonyl (C=O) groups is 1. The van der Waals surface area contributed by atoms with Gasteiger partial charge in [-0.15, -0.1) is 16.4 Å². The Morgan fingerprint density at radius 3 is 2.93 bits per heavy atom. The molecular formula is C17H17N5O4S. The highest BCUT2D eigenvalue weighted by molar-refractivity contribution is 7.13. The number of carbonyl (C=O) groups excluding carboxylic acids is 1. The van der Waals surface area contributed by atoms with Crippen LogP contribution in [-0.4, -0.2) is 54.5 Å². The van der Waals surface area contributed by atoms with Gasteiger partial charge in [-0.25, -0.2) is 4.98 Å². The van der Waals surface area contributed by atoms with E-state index in [1.165, 1.54) is 24.6 Å². The number of rotatable bonds is 5. The van der Waals surface area contributed by atoms with Gasteiger partial charge in [0.25, 0.3) is 11.8 Å². The van der Waals surface area contributed by atoms with E-state index in [0.717, 1.165) is 23.8 Å². The van der Waals surface area contributed by atoms with Gasteiger partial charge in [0.05, 0.1) is 25.2 Å². The summed E-state index contributed by atoms with van der Waals surface area (Å²) in [5.41, 5.74) is 0.283. The molecule has 10 heteroatoms. The summed E-state index contributed by atoms with van der Waals surface area (Å²) in [7, 11) is 1.51. The zero-order valence-corrected chi connectivity index (χ0v) is 15.4. The van der Waals surface area contributed by atoms with E-state index >= 15 is 0 Å². The second-order valence-electron chi connectivity index (χ2n) is 5.69. The van der Waals surface area contributed by atoms with Crippen LogP contribution >= 0.6 is 11.3 Å². The molecule has 9 nitrogen and oxygen atoms in total. The van der Waals surface area contributed by atoms with Gasteiger partial charge >= 0.3 is 6.01 Å². The molecule has 1 N–H and O–H groups in total. The summed E-state index contributed by atoms with van der Waals surface area (Å²) in [6, 6.07) is 5.50. The van der Waals surface area contributed by atoms with Crippen LogP contribution in [0.1, 0.15) is 10.4 Å². The molecule has 27 heavy (non-hydrogen) atoms. The average molecular weight is 387 g/mol. The Morgan fingerprint density at radius 1 is 1.33 bits per heavy atom. The van der Waals surface area contributed by atoms with E-state index in [2.05, 4.69) is 25.4 Å². The molecule has 0 bridgehead atoms. The highest BCUT2D eigenvalue weighted by Crippen LogP contribution is 2.27. The minimum atomic E-state index is -0.436. The van der Waals surface area contributed by atoms with Gasteiger partial charge in [-0.1, -0.05) is 11.2 Å². The lowest BCUT2D eigenvalue weighted by atomic mass is 10.2. The summed E-state index contributed by atoms with van der Waals surface area (Å²) in [6.45, 7) is 2.79. The molecule has 1 fully saturated rings. The third-order valence-electron chi connectivity index (χ3n) is 4.03. The van der Waals surface area contributed by atoms with Gasteiger partial charge in [0.15, 0.2) is 0 Å². The predicted octanol–water partition coefficient (Wildman–Crippen LogP) is 2.29. The first kappa shape index (κ1) is 17.4. The standard InChI is InChI=1S/C17H17N5O4S/c1-24-12-9-14(22-4-6-25-7-5-22)18-10-11(12)15(23)19-17-21-20-16(26-17)13-3-2-8-27-13/h2-3,8-10H,4-7H2,1H3,(H,19,21,23). The molecule has 0 aliphatic carbocycles. The van der Waals surface area contributed by atoms with Gasteiger partial charge in [0, 0.05) is 25.4 Å². The van der Waals surface area contributed by atoms with E-state index in [-0.39, 0.29) is 11.6 Å². The third-order valence-corrected chi connectivity index (χ3v) is 4.89. The van der Waals surface area contributed by atoms with Gasteiger partial charge in [-0.2, -0.15) is 0 Å². The van der Waals surface area contributed by atoms with Crippen molar-refractivity contribution in [2.75, 3.05) is 43.6 Å². The molecule has 1 aliphatic heterocycles. The van der Waals surface area contributed by atoms with E-state index in [4.69, 9.17) is 13.9 Å². The summed E-state index contributed by atoms with van der Waals surface area (Å²) in [6.07, 6.45) is 1.48. The highest BCUT2D eigenvalue weighted by Gasteiger charge is 2.20. The molecule has 1 saturated heterocycles. The molecule has 1 aliphatic rings. The minimum Gasteiger partial charge on any atom is -0.496 e. The lowest BCUT2D eigenvalue weighted by molar-refractivity contribution is 0.102. The van der Waals surface area contributed by atoms with Gasteiger partial charge in [0.2, 0.25) is 0 Å². The predicted molar refractivity (Wildman–Crippen MR) is 99.4 cm³/mol. The number of pyridine rings is 1. The van der Waals surface area contributed by atoms with Crippen LogP contribution in [0.15, 0.2) is 34.2 Å². The highest BCUT2D eigenvalue weighted by atomic mass is 32.1. The number of nitrogens with zero attached hydrogens (tertiary/aromatic N) is 4. The largest absolute Gasteiger partial charge is 0.496 e. The van der Waals surface area contributed by atoms with Crippen LogP contribution < -0.4 is 15.0 Å². The van der Waals surface area contributed by atoms with Gasteiger partial charge in [-0.05, 0) is 11.4 Å². The smallest absolute Gasteiger partial charge is 0.322 e.